The van der Waals surface area contributed by atoms with E-state index in [4.69, 9.17) is 9.15 Å². The van der Waals surface area contributed by atoms with E-state index in [-0.39, 0.29) is 17.1 Å². The van der Waals surface area contributed by atoms with Crippen molar-refractivity contribution in [3.8, 4) is 5.75 Å². The van der Waals surface area contributed by atoms with Gasteiger partial charge in [-0.15, -0.1) is 0 Å². The zero-order valence-electron chi connectivity index (χ0n) is 18.8. The summed E-state index contributed by atoms with van der Waals surface area (Å²) in [6.45, 7) is 8.92. The summed E-state index contributed by atoms with van der Waals surface area (Å²) in [7, 11) is -3.91. The molecule has 1 N–H and O–H groups in total. The van der Waals surface area contributed by atoms with Gasteiger partial charge in [-0.1, -0.05) is 31.0 Å². The molecule has 0 fully saturated rings. The number of aryl methyl sites for hydroxylation is 3. The third kappa shape index (κ3) is 4.76. The second kappa shape index (κ2) is 9.26. The first-order chi connectivity index (χ1) is 15.0. The van der Waals surface area contributed by atoms with Crippen molar-refractivity contribution in [3.05, 3.63) is 69.1 Å². The van der Waals surface area contributed by atoms with Gasteiger partial charge in [-0.05, 0) is 63.9 Å². The number of sulfonamides is 1. The summed E-state index contributed by atoms with van der Waals surface area (Å²) in [5, 5.41) is 0.754. The molecule has 0 bridgehead atoms. The largest absolute Gasteiger partial charge is 0.425 e. The summed E-state index contributed by atoms with van der Waals surface area (Å²) >= 11 is 0. The zero-order chi connectivity index (χ0) is 23.6. The number of benzene rings is 2. The minimum Gasteiger partial charge on any atom is -0.425 e. The fourth-order valence-electron chi connectivity index (χ4n) is 3.40. The van der Waals surface area contributed by atoms with Crippen LogP contribution in [0.1, 0.15) is 42.0 Å². The van der Waals surface area contributed by atoms with Gasteiger partial charge in [-0.2, -0.15) is 4.72 Å². The Balaban J connectivity index is 1.90. The fraction of sp³-hybridized carbons (Fsp3) is 0.333. The number of carbonyl (C=O) groups is 1. The molecule has 170 valence electrons. The molecular weight excluding hydrogens is 430 g/mol. The summed E-state index contributed by atoms with van der Waals surface area (Å²) in [5.41, 5.74) is 2.64. The van der Waals surface area contributed by atoms with E-state index in [1.165, 1.54) is 12.1 Å². The van der Waals surface area contributed by atoms with Crippen molar-refractivity contribution in [3.63, 3.8) is 0 Å². The van der Waals surface area contributed by atoms with Crippen molar-refractivity contribution >= 4 is 27.0 Å². The summed E-state index contributed by atoms with van der Waals surface area (Å²) in [6, 6.07) is 8.65. The Labute approximate surface area is 187 Å². The van der Waals surface area contributed by atoms with Crippen LogP contribution in [0.3, 0.4) is 0 Å². The van der Waals surface area contributed by atoms with E-state index >= 15 is 0 Å². The highest BCUT2D eigenvalue weighted by atomic mass is 32.2. The van der Waals surface area contributed by atoms with Gasteiger partial charge < -0.3 is 9.15 Å². The van der Waals surface area contributed by atoms with Crippen molar-refractivity contribution < 1.29 is 22.4 Å². The molecule has 3 aromatic rings. The topological polar surface area (TPSA) is 103 Å². The van der Waals surface area contributed by atoms with Crippen LogP contribution in [0.25, 0.3) is 11.0 Å². The molecule has 8 heteroatoms. The van der Waals surface area contributed by atoms with Gasteiger partial charge in [0.15, 0.2) is 0 Å². The Morgan fingerprint density at radius 3 is 2.28 bits per heavy atom. The van der Waals surface area contributed by atoms with Crippen molar-refractivity contribution in [1.82, 2.24) is 4.72 Å². The van der Waals surface area contributed by atoms with Gasteiger partial charge in [0.05, 0.1) is 4.90 Å². The Kier molecular flexibility index (Phi) is 6.85. The van der Waals surface area contributed by atoms with Gasteiger partial charge in [0.2, 0.25) is 10.0 Å². The highest BCUT2D eigenvalue weighted by Crippen LogP contribution is 2.29. The molecule has 0 aliphatic carbocycles. The lowest BCUT2D eigenvalue weighted by Gasteiger charge is -2.18. The number of rotatable bonds is 7. The Morgan fingerprint density at radius 1 is 1.00 bits per heavy atom. The van der Waals surface area contributed by atoms with Crippen molar-refractivity contribution in [2.75, 3.05) is 0 Å². The quantitative estimate of drug-likeness (QED) is 0.326. The maximum atomic E-state index is 12.9. The van der Waals surface area contributed by atoms with E-state index in [1.807, 2.05) is 20.8 Å². The molecule has 0 radical (unpaired) electrons. The molecule has 32 heavy (non-hydrogen) atoms. The van der Waals surface area contributed by atoms with Crippen LogP contribution >= 0.6 is 0 Å². The molecular formula is C24H27NO6S. The third-order valence-corrected chi connectivity index (χ3v) is 7.01. The summed E-state index contributed by atoms with van der Waals surface area (Å²) in [6.07, 6.45) is 0.837. The van der Waals surface area contributed by atoms with Crippen LogP contribution < -0.4 is 15.1 Å². The highest BCUT2D eigenvalue weighted by Gasteiger charge is 2.27. The van der Waals surface area contributed by atoms with Crippen molar-refractivity contribution in [1.29, 1.82) is 0 Å². The number of hydrogen-bond acceptors (Lipinski definition) is 6. The van der Waals surface area contributed by atoms with Crippen LogP contribution in [0.15, 0.2) is 50.5 Å². The minimum atomic E-state index is -3.91. The normalized spacial score (nSPS) is 12.7. The molecule has 0 aliphatic rings. The van der Waals surface area contributed by atoms with Gasteiger partial charge in [-0.25, -0.2) is 18.0 Å². The van der Waals surface area contributed by atoms with Crippen LogP contribution in [0.4, 0.5) is 0 Å². The summed E-state index contributed by atoms with van der Waals surface area (Å²) in [4.78, 5) is 25.1. The van der Waals surface area contributed by atoms with E-state index in [0.717, 1.165) is 16.5 Å². The Morgan fingerprint density at radius 2 is 1.66 bits per heavy atom. The second-order valence-electron chi connectivity index (χ2n) is 7.90. The van der Waals surface area contributed by atoms with E-state index < -0.39 is 27.7 Å². The standard InChI is InChI=1S/C24H27NO6S/c1-6-7-20(25-32(28,29)18-10-8-14(2)9-11-18)24(27)30-21-13-12-19-15(3)16(4)23(26)31-22(19)17(21)5/h8-13,20,25H,6-7H2,1-5H3/t20-/m1/s1. The second-order valence-corrected chi connectivity index (χ2v) is 9.62. The lowest BCUT2D eigenvalue weighted by Crippen LogP contribution is -2.42. The molecule has 3 rings (SSSR count). The van der Waals surface area contributed by atoms with Gasteiger partial charge in [0, 0.05) is 16.5 Å². The molecule has 1 atom stereocenters. The molecule has 1 aromatic heterocycles. The number of nitrogens with one attached hydrogen (secondary N) is 1. The molecule has 2 aromatic carbocycles. The average molecular weight is 458 g/mol. The summed E-state index contributed by atoms with van der Waals surface area (Å²) < 4.78 is 39.0. The van der Waals surface area contributed by atoms with Crippen LogP contribution in [0, 0.1) is 27.7 Å². The van der Waals surface area contributed by atoms with Gasteiger partial charge >= 0.3 is 11.6 Å². The predicted octanol–water partition coefficient (Wildman–Crippen LogP) is 4.08. The van der Waals surface area contributed by atoms with Crippen LogP contribution in [-0.4, -0.2) is 20.4 Å². The molecule has 7 nitrogen and oxygen atoms in total. The highest BCUT2D eigenvalue weighted by molar-refractivity contribution is 7.89. The van der Waals surface area contributed by atoms with E-state index in [9.17, 15) is 18.0 Å². The molecule has 0 saturated carbocycles. The van der Waals surface area contributed by atoms with Gasteiger partial charge in [0.1, 0.15) is 17.4 Å². The molecule has 0 spiro atoms. The number of carbonyl (C=O) groups excluding carboxylic acids is 1. The van der Waals surface area contributed by atoms with Crippen molar-refractivity contribution in [2.45, 2.75) is 58.4 Å². The lowest BCUT2D eigenvalue weighted by molar-refractivity contribution is -0.136. The summed E-state index contributed by atoms with van der Waals surface area (Å²) in [5.74, 6) is -0.513. The average Bonchev–Trinajstić information content (AvgIpc) is 2.74. The lowest BCUT2D eigenvalue weighted by atomic mass is 10.0. The van der Waals surface area contributed by atoms with E-state index in [0.29, 0.717) is 23.1 Å². The first kappa shape index (κ1) is 23.7. The maximum absolute atomic E-state index is 12.9. The Hall–Kier alpha value is -2.97. The molecule has 0 unspecified atom stereocenters. The number of hydrogen-bond donors (Lipinski definition) is 1. The smallest absolute Gasteiger partial charge is 0.339 e. The molecule has 0 saturated heterocycles. The fourth-order valence-corrected chi connectivity index (χ4v) is 4.62. The van der Waals surface area contributed by atoms with E-state index in [1.54, 1.807) is 38.1 Å². The predicted molar refractivity (Wildman–Crippen MR) is 123 cm³/mol. The van der Waals surface area contributed by atoms with Crippen molar-refractivity contribution in [2.24, 2.45) is 0 Å². The van der Waals surface area contributed by atoms with Gasteiger partial charge in [-0.3, -0.25) is 0 Å². The monoisotopic (exact) mass is 457 g/mol. The molecule has 0 amide bonds. The first-order valence-electron chi connectivity index (χ1n) is 10.4. The number of ether oxygens (including phenoxy) is 1. The first-order valence-corrected chi connectivity index (χ1v) is 11.9. The molecule has 0 aliphatic heterocycles. The SMILES string of the molecule is CCC[C@@H](NS(=O)(=O)c1ccc(C)cc1)C(=O)Oc1ccc2c(C)c(C)c(=O)oc2c1C. The minimum absolute atomic E-state index is 0.0755. The van der Waals surface area contributed by atoms with Gasteiger partial charge in [0.25, 0.3) is 0 Å². The maximum Gasteiger partial charge on any atom is 0.339 e. The molecule has 1 heterocycles. The van der Waals surface area contributed by atoms with Crippen LogP contribution in [0.5, 0.6) is 5.75 Å². The third-order valence-electron chi connectivity index (χ3n) is 5.52. The number of esters is 1. The van der Waals surface area contributed by atoms with Crippen LogP contribution in [0.2, 0.25) is 0 Å². The zero-order valence-corrected chi connectivity index (χ0v) is 19.6. The van der Waals surface area contributed by atoms with Crippen LogP contribution in [-0.2, 0) is 14.8 Å². The Bertz CT molecular complexity index is 1320. The van der Waals surface area contributed by atoms with E-state index in [2.05, 4.69) is 4.72 Å². The number of fused-ring (bicyclic) bond motifs is 1.